The standard InChI is InChI=1S/C21H32N2OS/c1-12(18-8-13-2-3-17(18)7-13)22-20(25)23-19(24)21-9-14-4-15(10-21)6-16(5-14)11-21/h12-18H,2-11H2,1H3,(H2,22,23,24,25)/t12-,13+,14?,15?,16?,17+,18+,21?/m0/s1. The second kappa shape index (κ2) is 5.94. The molecule has 6 rings (SSSR count). The van der Waals surface area contributed by atoms with Gasteiger partial charge in [0.15, 0.2) is 5.11 Å². The molecular formula is C21H32N2OS. The van der Waals surface area contributed by atoms with Gasteiger partial charge in [-0.2, -0.15) is 0 Å². The largest absolute Gasteiger partial charge is 0.360 e. The van der Waals surface area contributed by atoms with Gasteiger partial charge in [0.05, 0.1) is 5.41 Å². The van der Waals surface area contributed by atoms with Crippen molar-refractivity contribution in [2.24, 2.45) is 40.9 Å². The van der Waals surface area contributed by atoms with Crippen LogP contribution in [0.25, 0.3) is 0 Å². The van der Waals surface area contributed by atoms with Crippen LogP contribution >= 0.6 is 12.2 Å². The lowest BCUT2D eigenvalue weighted by Gasteiger charge is -2.55. The third kappa shape index (κ3) is 2.83. The molecule has 6 aliphatic rings. The maximum Gasteiger partial charge on any atom is 0.232 e. The summed E-state index contributed by atoms with van der Waals surface area (Å²) in [6.07, 6.45) is 13.0. The zero-order valence-corrected chi connectivity index (χ0v) is 16.2. The molecule has 0 aliphatic heterocycles. The summed E-state index contributed by atoms with van der Waals surface area (Å²) in [5.74, 6) is 5.20. The highest BCUT2D eigenvalue weighted by Gasteiger charge is 2.54. The lowest BCUT2D eigenvalue weighted by molar-refractivity contribution is -0.144. The summed E-state index contributed by atoms with van der Waals surface area (Å²) in [6.45, 7) is 2.26. The van der Waals surface area contributed by atoms with Crippen molar-refractivity contribution in [3.05, 3.63) is 0 Å². The zero-order chi connectivity index (χ0) is 17.2. The lowest BCUT2D eigenvalue weighted by Crippen LogP contribution is -2.56. The van der Waals surface area contributed by atoms with Crippen molar-refractivity contribution in [2.75, 3.05) is 0 Å². The summed E-state index contributed by atoms with van der Waals surface area (Å²) in [5.41, 5.74) is -0.101. The van der Waals surface area contributed by atoms with E-state index in [9.17, 15) is 4.79 Å². The number of amides is 1. The molecule has 25 heavy (non-hydrogen) atoms. The first kappa shape index (κ1) is 16.5. The maximum absolute atomic E-state index is 13.1. The first-order valence-corrected chi connectivity index (χ1v) is 11.0. The molecule has 0 aromatic rings. The van der Waals surface area contributed by atoms with Crippen molar-refractivity contribution < 1.29 is 4.79 Å². The van der Waals surface area contributed by atoms with Crippen molar-refractivity contribution in [1.82, 2.24) is 10.6 Å². The zero-order valence-electron chi connectivity index (χ0n) is 15.4. The Kier molecular flexibility index (Phi) is 3.92. The van der Waals surface area contributed by atoms with Crippen LogP contribution in [0, 0.1) is 40.9 Å². The van der Waals surface area contributed by atoms with E-state index >= 15 is 0 Å². The SMILES string of the molecule is C[C@H](NC(=S)NC(=O)C12CC3CC(CC(C3)C1)C2)[C@H]1C[C@@H]2CC[C@@H]1C2. The third-order valence-electron chi connectivity index (χ3n) is 8.54. The monoisotopic (exact) mass is 360 g/mol. The Hall–Kier alpha value is -0.640. The van der Waals surface area contributed by atoms with Gasteiger partial charge in [-0.15, -0.1) is 0 Å². The number of nitrogens with one attached hydrogen (secondary N) is 2. The van der Waals surface area contributed by atoms with Gasteiger partial charge in [0, 0.05) is 6.04 Å². The molecule has 1 amide bonds. The van der Waals surface area contributed by atoms with Gasteiger partial charge in [-0.05, 0) is 112 Å². The Bertz CT molecular complexity index is 553. The maximum atomic E-state index is 13.1. The Morgan fingerprint density at radius 2 is 1.60 bits per heavy atom. The van der Waals surface area contributed by atoms with Crippen LogP contribution in [0.4, 0.5) is 0 Å². The van der Waals surface area contributed by atoms with E-state index in [1.807, 2.05) is 0 Å². The third-order valence-corrected chi connectivity index (χ3v) is 8.76. The summed E-state index contributed by atoms with van der Waals surface area (Å²) in [7, 11) is 0. The highest BCUT2D eigenvalue weighted by molar-refractivity contribution is 7.80. The van der Waals surface area contributed by atoms with E-state index in [0.29, 0.717) is 11.2 Å². The van der Waals surface area contributed by atoms with Crippen LogP contribution in [0.15, 0.2) is 0 Å². The van der Waals surface area contributed by atoms with E-state index in [1.54, 1.807) is 0 Å². The first-order chi connectivity index (χ1) is 12.0. The summed E-state index contributed by atoms with van der Waals surface area (Å²) < 4.78 is 0. The van der Waals surface area contributed by atoms with Gasteiger partial charge in [0.1, 0.15) is 0 Å². The number of rotatable bonds is 3. The van der Waals surface area contributed by atoms with Gasteiger partial charge in [0.2, 0.25) is 5.91 Å². The number of hydrogen-bond acceptors (Lipinski definition) is 2. The fraction of sp³-hybridized carbons (Fsp3) is 0.905. The molecule has 0 spiro atoms. The molecule has 3 nitrogen and oxygen atoms in total. The lowest BCUT2D eigenvalue weighted by atomic mass is 9.49. The van der Waals surface area contributed by atoms with Crippen molar-refractivity contribution >= 4 is 23.2 Å². The minimum Gasteiger partial charge on any atom is -0.360 e. The fourth-order valence-electron chi connectivity index (χ4n) is 7.88. The molecule has 0 saturated heterocycles. The molecular weight excluding hydrogens is 328 g/mol. The van der Waals surface area contributed by atoms with Gasteiger partial charge in [-0.25, -0.2) is 0 Å². The molecule has 0 radical (unpaired) electrons. The van der Waals surface area contributed by atoms with Crippen molar-refractivity contribution in [3.8, 4) is 0 Å². The number of thiocarbonyl (C=S) groups is 1. The predicted octanol–water partition coefficient (Wildman–Crippen LogP) is 4.02. The van der Waals surface area contributed by atoms with Gasteiger partial charge < -0.3 is 10.6 Å². The van der Waals surface area contributed by atoms with Gasteiger partial charge in [0.25, 0.3) is 0 Å². The van der Waals surface area contributed by atoms with Crippen LogP contribution in [-0.2, 0) is 4.79 Å². The van der Waals surface area contributed by atoms with Crippen LogP contribution in [-0.4, -0.2) is 17.1 Å². The molecule has 0 aromatic carbocycles. The number of carbonyl (C=O) groups excluding carboxylic acids is 1. The molecule has 138 valence electrons. The van der Waals surface area contributed by atoms with Gasteiger partial charge in [-0.1, -0.05) is 6.42 Å². The molecule has 6 aliphatic carbocycles. The minimum absolute atomic E-state index is 0.101. The molecule has 6 bridgehead atoms. The fourth-order valence-corrected chi connectivity index (χ4v) is 8.16. The number of hydrogen-bond donors (Lipinski definition) is 2. The summed E-state index contributed by atoms with van der Waals surface area (Å²) in [5, 5.41) is 7.17. The molecule has 4 atom stereocenters. The Labute approximate surface area is 157 Å². The average molecular weight is 361 g/mol. The highest BCUT2D eigenvalue weighted by Crippen LogP contribution is 2.60. The Balaban J connectivity index is 1.19. The molecule has 0 unspecified atom stereocenters. The van der Waals surface area contributed by atoms with Crippen molar-refractivity contribution in [1.29, 1.82) is 0 Å². The Morgan fingerprint density at radius 3 is 2.12 bits per heavy atom. The van der Waals surface area contributed by atoms with E-state index in [2.05, 4.69) is 17.6 Å². The molecule has 2 N–H and O–H groups in total. The van der Waals surface area contributed by atoms with Crippen LogP contribution < -0.4 is 10.6 Å². The normalized spacial score (nSPS) is 47.7. The highest BCUT2D eigenvalue weighted by atomic mass is 32.1. The van der Waals surface area contributed by atoms with E-state index in [-0.39, 0.29) is 11.3 Å². The molecule has 6 fully saturated rings. The van der Waals surface area contributed by atoms with Crippen molar-refractivity contribution in [3.63, 3.8) is 0 Å². The topological polar surface area (TPSA) is 41.1 Å². The van der Waals surface area contributed by atoms with Crippen LogP contribution in [0.5, 0.6) is 0 Å². The van der Waals surface area contributed by atoms with Crippen LogP contribution in [0.1, 0.15) is 71.1 Å². The summed E-state index contributed by atoms with van der Waals surface area (Å²) in [6, 6.07) is 0.388. The first-order valence-electron chi connectivity index (χ1n) is 10.6. The number of carbonyl (C=O) groups is 1. The van der Waals surface area contributed by atoms with E-state index in [4.69, 9.17) is 12.2 Å². The summed E-state index contributed by atoms with van der Waals surface area (Å²) >= 11 is 5.54. The van der Waals surface area contributed by atoms with E-state index in [0.717, 1.165) is 54.8 Å². The number of fused-ring (bicyclic) bond motifs is 2. The average Bonchev–Trinajstić information content (AvgIpc) is 3.16. The predicted molar refractivity (Wildman–Crippen MR) is 103 cm³/mol. The van der Waals surface area contributed by atoms with Gasteiger partial charge in [-0.3, -0.25) is 4.79 Å². The molecule has 0 aromatic heterocycles. The molecule has 6 saturated carbocycles. The Morgan fingerprint density at radius 1 is 0.960 bits per heavy atom. The van der Waals surface area contributed by atoms with Crippen molar-refractivity contribution in [2.45, 2.75) is 77.2 Å². The van der Waals surface area contributed by atoms with E-state index in [1.165, 1.54) is 44.9 Å². The minimum atomic E-state index is -0.101. The van der Waals surface area contributed by atoms with Crippen LogP contribution in [0.2, 0.25) is 0 Å². The second-order valence-electron chi connectivity index (χ2n) is 10.3. The quantitative estimate of drug-likeness (QED) is 0.747. The molecule has 4 heteroatoms. The van der Waals surface area contributed by atoms with Crippen LogP contribution in [0.3, 0.4) is 0 Å². The molecule has 0 heterocycles. The second-order valence-corrected chi connectivity index (χ2v) is 10.7. The van der Waals surface area contributed by atoms with E-state index < -0.39 is 0 Å². The summed E-state index contributed by atoms with van der Waals surface area (Å²) in [4.78, 5) is 13.1. The van der Waals surface area contributed by atoms with Gasteiger partial charge >= 0.3 is 0 Å². The smallest absolute Gasteiger partial charge is 0.232 e.